The Morgan fingerprint density at radius 1 is 1.42 bits per heavy atom. The van der Waals surface area contributed by atoms with E-state index in [1.165, 1.54) is 6.07 Å². The van der Waals surface area contributed by atoms with E-state index in [1.54, 1.807) is 19.9 Å². The van der Waals surface area contributed by atoms with Crippen molar-refractivity contribution < 1.29 is 23.0 Å². The Hall–Kier alpha value is -2.16. The van der Waals surface area contributed by atoms with Gasteiger partial charge in [0.25, 0.3) is 0 Å². The highest BCUT2D eigenvalue weighted by Crippen LogP contribution is 2.25. The van der Waals surface area contributed by atoms with Crippen LogP contribution >= 0.6 is 0 Å². The lowest BCUT2D eigenvalue weighted by Gasteiger charge is -2.12. The molecule has 0 aliphatic heterocycles. The minimum atomic E-state index is -2.98. The van der Waals surface area contributed by atoms with Crippen molar-refractivity contribution >= 4 is 5.97 Å². The Bertz CT molecular complexity index is 509. The molecule has 19 heavy (non-hydrogen) atoms. The molecule has 0 saturated heterocycles. The minimum Gasteiger partial charge on any atom is -0.462 e. The van der Waals surface area contributed by atoms with Crippen molar-refractivity contribution in [1.29, 1.82) is 5.26 Å². The number of carbonyl (C=O) groups excluding carboxylic acids is 1. The van der Waals surface area contributed by atoms with E-state index < -0.39 is 12.6 Å². The first-order valence-electron chi connectivity index (χ1n) is 5.72. The summed E-state index contributed by atoms with van der Waals surface area (Å²) in [5.41, 5.74) is 0.509. The van der Waals surface area contributed by atoms with Crippen molar-refractivity contribution in [3.63, 3.8) is 0 Å². The maximum atomic E-state index is 12.2. The molecule has 6 heteroatoms. The molecule has 0 aromatic heterocycles. The van der Waals surface area contributed by atoms with Gasteiger partial charge in [-0.15, -0.1) is 0 Å². The quantitative estimate of drug-likeness (QED) is 0.771. The van der Waals surface area contributed by atoms with Crippen LogP contribution in [0.25, 0.3) is 0 Å². The molecule has 0 bridgehead atoms. The molecule has 0 spiro atoms. The fourth-order valence-electron chi connectivity index (χ4n) is 1.66. The van der Waals surface area contributed by atoms with Crippen molar-refractivity contribution in [3.8, 4) is 11.8 Å². The van der Waals surface area contributed by atoms with Crippen molar-refractivity contribution in [2.45, 2.75) is 26.9 Å². The molecule has 0 saturated carbocycles. The van der Waals surface area contributed by atoms with Crippen LogP contribution in [-0.2, 0) is 11.2 Å². The van der Waals surface area contributed by atoms with Crippen LogP contribution in [0.4, 0.5) is 8.78 Å². The third-order valence-corrected chi connectivity index (χ3v) is 2.40. The number of hydrogen-bond acceptors (Lipinski definition) is 4. The third-order valence-electron chi connectivity index (χ3n) is 2.40. The van der Waals surface area contributed by atoms with Gasteiger partial charge in [0.2, 0.25) is 0 Å². The fraction of sp³-hybridized carbons (Fsp3) is 0.385. The van der Waals surface area contributed by atoms with Gasteiger partial charge in [-0.2, -0.15) is 14.0 Å². The molecule has 0 atom stereocenters. The molecule has 0 heterocycles. The monoisotopic (exact) mass is 269 g/mol. The molecule has 0 fully saturated rings. The zero-order valence-electron chi connectivity index (χ0n) is 10.6. The number of halogens is 2. The highest BCUT2D eigenvalue weighted by molar-refractivity contribution is 5.94. The second kappa shape index (κ2) is 6.69. The molecule has 4 nitrogen and oxygen atoms in total. The van der Waals surface area contributed by atoms with Crippen LogP contribution in [0.5, 0.6) is 5.75 Å². The first-order chi connectivity index (χ1) is 9.03. The number of hydrogen-bond donors (Lipinski definition) is 0. The number of esters is 1. The lowest BCUT2D eigenvalue weighted by atomic mass is 9.99. The summed E-state index contributed by atoms with van der Waals surface area (Å²) < 4.78 is 33.5. The van der Waals surface area contributed by atoms with Gasteiger partial charge >= 0.3 is 12.6 Å². The van der Waals surface area contributed by atoms with Crippen LogP contribution in [0.15, 0.2) is 12.1 Å². The number of aryl methyl sites for hydroxylation is 1. The molecule has 0 unspecified atom stereocenters. The highest BCUT2D eigenvalue weighted by atomic mass is 19.3. The predicted octanol–water partition coefficient (Wildman–Crippen LogP) is 2.90. The van der Waals surface area contributed by atoms with Gasteiger partial charge in [-0.25, -0.2) is 4.79 Å². The van der Waals surface area contributed by atoms with Crippen molar-refractivity contribution in [2.24, 2.45) is 0 Å². The van der Waals surface area contributed by atoms with Gasteiger partial charge in [0, 0.05) is 0 Å². The van der Waals surface area contributed by atoms with Crippen LogP contribution in [0, 0.1) is 11.3 Å². The average molecular weight is 269 g/mol. The maximum Gasteiger partial charge on any atom is 0.387 e. The van der Waals surface area contributed by atoms with Gasteiger partial charge in [0.05, 0.1) is 17.7 Å². The number of alkyl halides is 2. The summed E-state index contributed by atoms with van der Waals surface area (Å²) in [6, 6.07) is 4.22. The zero-order chi connectivity index (χ0) is 14.4. The number of nitriles is 1. The zero-order valence-corrected chi connectivity index (χ0v) is 10.6. The Morgan fingerprint density at radius 3 is 2.58 bits per heavy atom. The lowest BCUT2D eigenvalue weighted by molar-refractivity contribution is -0.0498. The predicted molar refractivity (Wildman–Crippen MR) is 63.1 cm³/mol. The molecule has 0 amide bonds. The van der Waals surface area contributed by atoms with E-state index in [0.717, 1.165) is 6.07 Å². The largest absolute Gasteiger partial charge is 0.462 e. The standard InChI is InChI=1S/C13H13F2NO3/c1-3-8-5-10(19-13(14)15)6-9(7-16)11(8)12(17)18-4-2/h5-6,13H,3-4H2,1-2H3. The molecular weight excluding hydrogens is 256 g/mol. The average Bonchev–Trinajstić information content (AvgIpc) is 2.36. The van der Waals surface area contributed by atoms with Crippen LogP contribution < -0.4 is 4.74 Å². The third kappa shape index (κ3) is 3.65. The molecule has 0 aliphatic rings. The first-order valence-corrected chi connectivity index (χ1v) is 5.72. The second-order valence-corrected chi connectivity index (χ2v) is 3.57. The molecule has 0 radical (unpaired) electrons. The van der Waals surface area contributed by atoms with E-state index in [4.69, 9.17) is 10.00 Å². The molecular formula is C13H13F2NO3. The number of benzene rings is 1. The van der Waals surface area contributed by atoms with Gasteiger partial charge in [0.15, 0.2) is 0 Å². The SMILES string of the molecule is CCOC(=O)c1c(C#N)cc(OC(F)F)cc1CC. The smallest absolute Gasteiger partial charge is 0.387 e. The van der Waals surface area contributed by atoms with E-state index in [1.807, 2.05) is 0 Å². The summed E-state index contributed by atoms with van der Waals surface area (Å²) in [7, 11) is 0. The van der Waals surface area contributed by atoms with Gasteiger partial charge < -0.3 is 9.47 Å². The Kier molecular flexibility index (Phi) is 5.24. The normalized spacial score (nSPS) is 10.1. The molecule has 0 aliphatic carbocycles. The molecule has 1 rings (SSSR count). The maximum absolute atomic E-state index is 12.2. The van der Waals surface area contributed by atoms with E-state index >= 15 is 0 Å². The summed E-state index contributed by atoms with van der Waals surface area (Å²) in [5.74, 6) is -0.782. The topological polar surface area (TPSA) is 59.3 Å². The summed E-state index contributed by atoms with van der Waals surface area (Å²) >= 11 is 0. The first kappa shape index (κ1) is 14.9. The summed E-state index contributed by atoms with van der Waals surface area (Å²) in [5, 5.41) is 9.01. The van der Waals surface area contributed by atoms with Gasteiger partial charge in [-0.3, -0.25) is 0 Å². The van der Waals surface area contributed by atoms with E-state index in [0.29, 0.717) is 12.0 Å². The van der Waals surface area contributed by atoms with Gasteiger partial charge in [0.1, 0.15) is 11.8 Å². The minimum absolute atomic E-state index is 0.0338. The highest BCUT2D eigenvalue weighted by Gasteiger charge is 2.19. The van der Waals surface area contributed by atoms with E-state index in [-0.39, 0.29) is 23.5 Å². The van der Waals surface area contributed by atoms with Crippen LogP contribution in [-0.4, -0.2) is 19.2 Å². The van der Waals surface area contributed by atoms with E-state index in [2.05, 4.69) is 4.74 Å². The summed E-state index contributed by atoms with van der Waals surface area (Å²) in [4.78, 5) is 11.8. The van der Waals surface area contributed by atoms with Crippen molar-refractivity contribution in [1.82, 2.24) is 0 Å². The Balaban J connectivity index is 3.30. The molecule has 1 aromatic rings. The molecule has 0 N–H and O–H groups in total. The van der Waals surface area contributed by atoms with Crippen LogP contribution in [0.1, 0.15) is 35.3 Å². The van der Waals surface area contributed by atoms with Crippen LogP contribution in [0.2, 0.25) is 0 Å². The van der Waals surface area contributed by atoms with Crippen LogP contribution in [0.3, 0.4) is 0 Å². The number of ether oxygens (including phenoxy) is 2. The Labute approximate surface area is 109 Å². The van der Waals surface area contributed by atoms with E-state index in [9.17, 15) is 13.6 Å². The lowest BCUT2D eigenvalue weighted by Crippen LogP contribution is -2.12. The van der Waals surface area contributed by atoms with Crippen molar-refractivity contribution in [3.05, 3.63) is 28.8 Å². The summed E-state index contributed by atoms with van der Waals surface area (Å²) in [6.07, 6.45) is 0.392. The number of rotatable bonds is 5. The summed E-state index contributed by atoms with van der Waals surface area (Å²) in [6.45, 7) is 0.571. The van der Waals surface area contributed by atoms with Gasteiger partial charge in [-0.05, 0) is 31.0 Å². The second-order valence-electron chi connectivity index (χ2n) is 3.57. The fourth-order valence-corrected chi connectivity index (χ4v) is 1.66. The number of nitrogens with zero attached hydrogens (tertiary/aromatic N) is 1. The molecule has 1 aromatic carbocycles. The Morgan fingerprint density at radius 2 is 2.11 bits per heavy atom. The molecule has 102 valence electrons. The van der Waals surface area contributed by atoms with Crippen molar-refractivity contribution in [2.75, 3.05) is 6.61 Å². The van der Waals surface area contributed by atoms with Gasteiger partial charge in [-0.1, -0.05) is 6.92 Å². The number of carbonyl (C=O) groups is 1.